The monoisotopic (exact) mass is 357 g/mol. The van der Waals surface area contributed by atoms with Gasteiger partial charge >= 0.3 is 5.97 Å². The molecule has 0 saturated carbocycles. The van der Waals surface area contributed by atoms with Gasteiger partial charge in [0.1, 0.15) is 11.5 Å². The van der Waals surface area contributed by atoms with E-state index >= 15 is 0 Å². The summed E-state index contributed by atoms with van der Waals surface area (Å²) in [6, 6.07) is 12.0. The van der Waals surface area contributed by atoms with Crippen molar-refractivity contribution in [2.24, 2.45) is 0 Å². The Hall–Kier alpha value is -2.79. The molecule has 0 radical (unpaired) electrons. The van der Waals surface area contributed by atoms with E-state index in [-0.39, 0.29) is 5.56 Å². The zero-order valence-electron chi connectivity index (χ0n) is 13.7. The second kappa shape index (κ2) is 6.99. The molecule has 5 nitrogen and oxygen atoms in total. The maximum atomic E-state index is 11.7. The molecule has 0 fully saturated rings. The van der Waals surface area contributed by atoms with Crippen LogP contribution < -0.4 is 9.47 Å². The van der Waals surface area contributed by atoms with E-state index in [0.717, 1.165) is 0 Å². The van der Waals surface area contributed by atoms with E-state index in [9.17, 15) is 9.90 Å². The van der Waals surface area contributed by atoms with E-state index in [1.165, 1.54) is 7.11 Å². The molecule has 1 heterocycles. The van der Waals surface area contributed by atoms with Crippen LogP contribution in [-0.4, -0.2) is 29.8 Å². The van der Waals surface area contributed by atoms with Gasteiger partial charge in [-0.15, -0.1) is 0 Å². The molecule has 0 bridgehead atoms. The maximum absolute atomic E-state index is 11.7. The van der Waals surface area contributed by atoms with Crippen LogP contribution in [0.3, 0.4) is 0 Å². The first-order valence-electron chi connectivity index (χ1n) is 7.68. The fraction of sp³-hybridized carbons (Fsp3) is 0.158. The molecule has 1 N–H and O–H groups in total. The molecule has 0 atom stereocenters. The lowest BCUT2D eigenvalue weighted by molar-refractivity contribution is 0.0699. The number of aromatic carboxylic acids is 1. The molecule has 128 valence electrons. The number of benzene rings is 2. The second-order valence-electron chi connectivity index (χ2n) is 5.32. The molecule has 0 amide bonds. The average Bonchev–Trinajstić information content (AvgIpc) is 2.60. The molecule has 25 heavy (non-hydrogen) atoms. The van der Waals surface area contributed by atoms with Crippen molar-refractivity contribution in [1.29, 1.82) is 0 Å². The first-order chi connectivity index (χ1) is 12.0. The van der Waals surface area contributed by atoms with E-state index in [1.54, 1.807) is 42.5 Å². The van der Waals surface area contributed by atoms with Gasteiger partial charge in [0.15, 0.2) is 0 Å². The highest BCUT2D eigenvalue weighted by molar-refractivity contribution is 6.32. The topological polar surface area (TPSA) is 68.7 Å². The van der Waals surface area contributed by atoms with Gasteiger partial charge in [0.2, 0.25) is 0 Å². The van der Waals surface area contributed by atoms with Crippen LogP contribution in [0.4, 0.5) is 0 Å². The number of carbonyl (C=O) groups is 1. The van der Waals surface area contributed by atoms with Gasteiger partial charge in [-0.3, -0.25) is 0 Å². The van der Waals surface area contributed by atoms with Gasteiger partial charge in [-0.2, -0.15) is 0 Å². The van der Waals surface area contributed by atoms with E-state index in [4.69, 9.17) is 21.1 Å². The third-order valence-electron chi connectivity index (χ3n) is 3.77. The predicted molar refractivity (Wildman–Crippen MR) is 96.9 cm³/mol. The first-order valence-corrected chi connectivity index (χ1v) is 8.06. The van der Waals surface area contributed by atoms with Crippen LogP contribution >= 0.6 is 11.6 Å². The van der Waals surface area contributed by atoms with Crippen LogP contribution in [0, 0.1) is 0 Å². The summed E-state index contributed by atoms with van der Waals surface area (Å²) in [7, 11) is 1.54. The van der Waals surface area contributed by atoms with Crippen molar-refractivity contribution in [1.82, 2.24) is 4.98 Å². The number of hydrogen-bond donors (Lipinski definition) is 1. The Bertz CT molecular complexity index is 956. The lowest BCUT2D eigenvalue weighted by Gasteiger charge is -2.10. The van der Waals surface area contributed by atoms with Crippen LogP contribution in [0.25, 0.3) is 22.2 Å². The van der Waals surface area contributed by atoms with Crippen molar-refractivity contribution in [3.63, 3.8) is 0 Å². The molecular weight excluding hydrogens is 342 g/mol. The van der Waals surface area contributed by atoms with E-state index < -0.39 is 5.97 Å². The number of pyridine rings is 1. The molecule has 0 unspecified atom stereocenters. The van der Waals surface area contributed by atoms with Crippen LogP contribution in [0.1, 0.15) is 17.3 Å². The molecule has 0 aliphatic rings. The number of carboxylic acid groups (broad SMARTS) is 1. The normalized spacial score (nSPS) is 10.7. The van der Waals surface area contributed by atoms with Crippen molar-refractivity contribution >= 4 is 28.5 Å². The molecule has 0 saturated heterocycles. The summed E-state index contributed by atoms with van der Waals surface area (Å²) in [5.41, 5.74) is 1.97. The van der Waals surface area contributed by atoms with Gasteiger partial charge in [0, 0.05) is 10.9 Å². The van der Waals surface area contributed by atoms with Crippen LogP contribution in [0.15, 0.2) is 42.5 Å². The molecular formula is C19H16ClNO4. The molecule has 0 spiro atoms. The number of ether oxygens (including phenoxy) is 2. The summed E-state index contributed by atoms with van der Waals surface area (Å²) in [6.07, 6.45) is 0. The highest BCUT2D eigenvalue weighted by Crippen LogP contribution is 2.32. The predicted octanol–water partition coefficient (Wildman–Crippen LogP) is 4.66. The van der Waals surface area contributed by atoms with E-state index in [1.807, 2.05) is 6.92 Å². The van der Waals surface area contributed by atoms with Crippen molar-refractivity contribution in [3.8, 4) is 22.8 Å². The minimum absolute atomic E-state index is 0.161. The third-order valence-corrected chi connectivity index (χ3v) is 4.06. The molecule has 3 aromatic rings. The molecule has 0 aliphatic carbocycles. The molecule has 3 rings (SSSR count). The summed E-state index contributed by atoms with van der Waals surface area (Å²) in [4.78, 5) is 16.3. The summed E-state index contributed by atoms with van der Waals surface area (Å²) in [5, 5.41) is 10.6. The number of rotatable bonds is 5. The van der Waals surface area contributed by atoms with Crippen molar-refractivity contribution in [2.75, 3.05) is 13.7 Å². The fourth-order valence-corrected chi connectivity index (χ4v) is 2.87. The summed E-state index contributed by atoms with van der Waals surface area (Å²) in [6.45, 7) is 2.38. The molecule has 2 aromatic carbocycles. The number of aromatic nitrogens is 1. The Morgan fingerprint density at radius 2 is 2.00 bits per heavy atom. The van der Waals surface area contributed by atoms with E-state index in [2.05, 4.69) is 4.98 Å². The number of carboxylic acids is 1. The Morgan fingerprint density at radius 1 is 1.20 bits per heavy atom. The smallest absolute Gasteiger partial charge is 0.336 e. The number of hydrogen-bond acceptors (Lipinski definition) is 4. The minimum Gasteiger partial charge on any atom is -0.495 e. The van der Waals surface area contributed by atoms with Crippen LogP contribution in [0.2, 0.25) is 5.02 Å². The van der Waals surface area contributed by atoms with Gasteiger partial charge in [0.25, 0.3) is 0 Å². The van der Waals surface area contributed by atoms with Crippen LogP contribution in [-0.2, 0) is 0 Å². The van der Waals surface area contributed by atoms with Crippen molar-refractivity contribution < 1.29 is 19.4 Å². The first kappa shape index (κ1) is 17.0. The SMILES string of the molecule is CCOc1ccc2nc(-c3ccc(OC)c(Cl)c3)cc(C(=O)O)c2c1. The van der Waals surface area contributed by atoms with E-state index in [0.29, 0.717) is 45.3 Å². The Labute approximate surface area is 149 Å². The number of methoxy groups -OCH3 is 1. The van der Waals surface area contributed by atoms with Crippen LogP contribution in [0.5, 0.6) is 11.5 Å². The zero-order valence-corrected chi connectivity index (χ0v) is 14.5. The summed E-state index contributed by atoms with van der Waals surface area (Å²) in [5.74, 6) is 0.132. The second-order valence-corrected chi connectivity index (χ2v) is 5.73. The Kier molecular flexibility index (Phi) is 4.76. The average molecular weight is 358 g/mol. The van der Waals surface area contributed by atoms with Gasteiger partial charge in [-0.25, -0.2) is 9.78 Å². The number of halogens is 1. The zero-order chi connectivity index (χ0) is 18.0. The van der Waals surface area contributed by atoms with Gasteiger partial charge in [-0.1, -0.05) is 11.6 Å². The Morgan fingerprint density at radius 3 is 2.64 bits per heavy atom. The molecule has 1 aromatic heterocycles. The highest BCUT2D eigenvalue weighted by Gasteiger charge is 2.15. The van der Waals surface area contributed by atoms with Crippen molar-refractivity contribution in [2.45, 2.75) is 6.92 Å². The minimum atomic E-state index is -1.03. The van der Waals surface area contributed by atoms with Gasteiger partial charge in [0.05, 0.1) is 35.5 Å². The number of fused-ring (bicyclic) bond motifs is 1. The third kappa shape index (κ3) is 3.37. The molecule has 0 aliphatic heterocycles. The highest BCUT2D eigenvalue weighted by atomic mass is 35.5. The quantitative estimate of drug-likeness (QED) is 0.719. The largest absolute Gasteiger partial charge is 0.495 e. The number of nitrogens with zero attached hydrogens (tertiary/aromatic N) is 1. The Balaban J connectivity index is 2.19. The fourth-order valence-electron chi connectivity index (χ4n) is 2.61. The standard InChI is InChI=1S/C19H16ClNO4/c1-3-25-12-5-6-16-13(9-12)14(19(22)23)10-17(21-16)11-4-7-18(24-2)15(20)8-11/h4-10H,3H2,1-2H3,(H,22,23). The maximum Gasteiger partial charge on any atom is 0.336 e. The van der Waals surface area contributed by atoms with Gasteiger partial charge in [-0.05, 0) is 49.4 Å². The molecule has 6 heteroatoms. The summed E-state index contributed by atoms with van der Waals surface area (Å²) < 4.78 is 10.6. The lowest BCUT2D eigenvalue weighted by Crippen LogP contribution is -2.01. The lowest BCUT2D eigenvalue weighted by atomic mass is 10.0. The van der Waals surface area contributed by atoms with Gasteiger partial charge < -0.3 is 14.6 Å². The van der Waals surface area contributed by atoms with Crippen molar-refractivity contribution in [3.05, 3.63) is 53.1 Å². The summed E-state index contributed by atoms with van der Waals surface area (Å²) >= 11 is 6.17.